The van der Waals surface area contributed by atoms with Gasteiger partial charge in [0, 0.05) is 13.6 Å². The molecule has 0 spiro atoms. The van der Waals surface area contributed by atoms with Crippen molar-refractivity contribution in [2.24, 2.45) is 0 Å². The van der Waals surface area contributed by atoms with Crippen LogP contribution in [0.2, 0.25) is 19.6 Å². The zero-order chi connectivity index (χ0) is 15.1. The van der Waals surface area contributed by atoms with Crippen LogP contribution in [0.1, 0.15) is 20.8 Å². The van der Waals surface area contributed by atoms with Gasteiger partial charge in [-0.05, 0) is 40.4 Å². The maximum absolute atomic E-state index is 11.6. The molecule has 0 atom stereocenters. The van der Waals surface area contributed by atoms with Crippen molar-refractivity contribution in [1.82, 2.24) is 4.90 Å². The summed E-state index contributed by atoms with van der Waals surface area (Å²) in [6, 6.07) is 0. The summed E-state index contributed by atoms with van der Waals surface area (Å²) in [4.78, 5) is 13.2. The molecule has 114 valence electrons. The van der Waals surface area contributed by atoms with Crippen molar-refractivity contribution >= 4 is 14.4 Å². The van der Waals surface area contributed by atoms with E-state index in [2.05, 4.69) is 19.6 Å². The first-order chi connectivity index (χ1) is 8.51. The molecule has 0 aromatic carbocycles. The highest BCUT2D eigenvalue weighted by Gasteiger charge is 2.19. The fourth-order valence-corrected chi connectivity index (χ4v) is 1.84. The van der Waals surface area contributed by atoms with E-state index in [1.54, 1.807) is 7.05 Å². The van der Waals surface area contributed by atoms with E-state index in [9.17, 15) is 4.79 Å². The van der Waals surface area contributed by atoms with Crippen molar-refractivity contribution in [3.8, 4) is 0 Å². The Morgan fingerprint density at radius 3 is 2.16 bits per heavy atom. The fourth-order valence-electron chi connectivity index (χ4n) is 1.14. The quantitative estimate of drug-likeness (QED) is 0.534. The van der Waals surface area contributed by atoms with Gasteiger partial charge in [0.05, 0.1) is 19.8 Å². The lowest BCUT2D eigenvalue weighted by atomic mass is 10.2. The molecule has 6 heteroatoms. The summed E-state index contributed by atoms with van der Waals surface area (Å²) in [5, 5.41) is 0. The number of carbonyl (C=O) groups excluding carboxylic acids is 1. The molecule has 0 unspecified atom stereocenters. The van der Waals surface area contributed by atoms with E-state index in [-0.39, 0.29) is 6.09 Å². The summed E-state index contributed by atoms with van der Waals surface area (Å²) in [5.41, 5.74) is -0.461. The summed E-state index contributed by atoms with van der Waals surface area (Å²) in [7, 11) is 0.256. The highest BCUT2D eigenvalue weighted by atomic mass is 28.4. The van der Waals surface area contributed by atoms with Crippen LogP contribution in [0.3, 0.4) is 0 Å². The van der Waals surface area contributed by atoms with Crippen LogP contribution in [0, 0.1) is 0 Å². The predicted octanol–water partition coefficient (Wildman–Crippen LogP) is 2.72. The minimum atomic E-state index is -1.45. The minimum Gasteiger partial charge on any atom is -0.444 e. The van der Waals surface area contributed by atoms with Gasteiger partial charge in [0.2, 0.25) is 0 Å². The highest BCUT2D eigenvalue weighted by molar-refractivity contribution is 6.69. The number of carbonyl (C=O) groups is 1. The van der Waals surface area contributed by atoms with Crippen LogP contribution < -0.4 is 0 Å². The van der Waals surface area contributed by atoms with E-state index in [1.807, 2.05) is 20.8 Å². The molecule has 0 fully saturated rings. The van der Waals surface area contributed by atoms with Gasteiger partial charge in [0.25, 0.3) is 0 Å². The molecule has 0 N–H and O–H groups in total. The Balaban J connectivity index is 3.64. The van der Waals surface area contributed by atoms with E-state index in [0.29, 0.717) is 26.4 Å². The Morgan fingerprint density at radius 2 is 1.68 bits per heavy atom. The van der Waals surface area contributed by atoms with Crippen molar-refractivity contribution in [1.29, 1.82) is 0 Å². The Bertz CT molecular complexity index is 271. The van der Waals surface area contributed by atoms with Gasteiger partial charge in [-0.15, -0.1) is 0 Å². The average molecular weight is 291 g/mol. The molecule has 1 amide bonds. The molecule has 0 aliphatic heterocycles. The molecule has 19 heavy (non-hydrogen) atoms. The van der Waals surface area contributed by atoms with Gasteiger partial charge < -0.3 is 18.8 Å². The predicted molar refractivity (Wildman–Crippen MR) is 79.0 cm³/mol. The molecule has 0 radical (unpaired) electrons. The molecule has 0 aromatic rings. The Hall–Kier alpha value is -0.593. The second kappa shape index (κ2) is 7.87. The summed E-state index contributed by atoms with van der Waals surface area (Å²) in [6.45, 7) is 14.2. The van der Waals surface area contributed by atoms with Crippen LogP contribution in [-0.2, 0) is 13.9 Å². The molecule has 0 aromatic heterocycles. The lowest BCUT2D eigenvalue weighted by Crippen LogP contribution is -2.36. The van der Waals surface area contributed by atoms with Crippen molar-refractivity contribution in [3.63, 3.8) is 0 Å². The third kappa shape index (κ3) is 12.2. The normalized spacial score (nSPS) is 12.4. The number of ether oxygens (including phenoxy) is 2. The second-order valence-corrected chi connectivity index (χ2v) is 11.0. The zero-order valence-electron chi connectivity index (χ0n) is 13.4. The number of hydrogen-bond donors (Lipinski definition) is 0. The lowest BCUT2D eigenvalue weighted by Gasteiger charge is -2.24. The molecule has 0 saturated carbocycles. The van der Waals surface area contributed by atoms with Gasteiger partial charge in [-0.2, -0.15) is 0 Å². The molecule has 0 aliphatic carbocycles. The standard InChI is InChI=1S/C13H29NO4Si/c1-13(2,3)18-12(15)14(4)8-9-16-10-11-17-19(5,6)7/h8-11H2,1-7H3. The van der Waals surface area contributed by atoms with Crippen LogP contribution >= 0.6 is 0 Å². The minimum absolute atomic E-state index is 0.325. The molecular weight excluding hydrogens is 262 g/mol. The molecular formula is C13H29NO4Si. The van der Waals surface area contributed by atoms with Gasteiger partial charge in [0.15, 0.2) is 8.32 Å². The van der Waals surface area contributed by atoms with Crippen LogP contribution in [0.15, 0.2) is 0 Å². The number of hydrogen-bond acceptors (Lipinski definition) is 4. The third-order valence-electron chi connectivity index (χ3n) is 2.04. The van der Waals surface area contributed by atoms with Crippen LogP contribution in [0.5, 0.6) is 0 Å². The summed E-state index contributed by atoms with van der Waals surface area (Å²) < 4.78 is 16.3. The number of amides is 1. The largest absolute Gasteiger partial charge is 0.444 e. The maximum atomic E-state index is 11.6. The molecule has 0 heterocycles. The fraction of sp³-hybridized carbons (Fsp3) is 0.923. The van der Waals surface area contributed by atoms with Crippen molar-refractivity contribution < 1.29 is 18.7 Å². The number of rotatable bonds is 7. The second-order valence-electron chi connectivity index (χ2n) is 6.48. The third-order valence-corrected chi connectivity index (χ3v) is 3.11. The summed E-state index contributed by atoms with van der Waals surface area (Å²) >= 11 is 0. The van der Waals surface area contributed by atoms with E-state index in [0.717, 1.165) is 0 Å². The van der Waals surface area contributed by atoms with E-state index < -0.39 is 13.9 Å². The maximum Gasteiger partial charge on any atom is 0.410 e. The Labute approximate surface area is 118 Å². The Morgan fingerprint density at radius 1 is 1.11 bits per heavy atom. The zero-order valence-corrected chi connectivity index (χ0v) is 14.4. The van der Waals surface area contributed by atoms with Gasteiger partial charge in [-0.25, -0.2) is 4.79 Å². The van der Waals surface area contributed by atoms with Crippen molar-refractivity contribution in [2.75, 3.05) is 33.4 Å². The van der Waals surface area contributed by atoms with Crippen LogP contribution in [0.4, 0.5) is 4.79 Å². The SMILES string of the molecule is CN(CCOCCO[Si](C)(C)C)C(=O)OC(C)(C)C. The van der Waals surface area contributed by atoms with Gasteiger partial charge in [-0.1, -0.05) is 0 Å². The molecule has 0 aliphatic rings. The van der Waals surface area contributed by atoms with Crippen molar-refractivity contribution in [3.05, 3.63) is 0 Å². The van der Waals surface area contributed by atoms with Gasteiger partial charge >= 0.3 is 6.09 Å². The smallest absolute Gasteiger partial charge is 0.410 e. The molecule has 5 nitrogen and oxygen atoms in total. The number of nitrogens with zero attached hydrogens (tertiary/aromatic N) is 1. The van der Waals surface area contributed by atoms with Gasteiger partial charge in [0.1, 0.15) is 5.60 Å². The first-order valence-electron chi connectivity index (χ1n) is 6.67. The highest BCUT2D eigenvalue weighted by Crippen LogP contribution is 2.08. The number of likely N-dealkylation sites (N-methyl/N-ethyl adjacent to an activating group) is 1. The average Bonchev–Trinajstić information content (AvgIpc) is 2.18. The summed E-state index contributed by atoms with van der Waals surface area (Å²) in [5.74, 6) is 0. The van der Waals surface area contributed by atoms with Crippen LogP contribution in [-0.4, -0.2) is 58.3 Å². The van der Waals surface area contributed by atoms with E-state index in [1.165, 1.54) is 4.90 Å². The monoisotopic (exact) mass is 291 g/mol. The van der Waals surface area contributed by atoms with Crippen LogP contribution in [0.25, 0.3) is 0 Å². The molecule has 0 saturated heterocycles. The lowest BCUT2D eigenvalue weighted by molar-refractivity contribution is 0.0215. The first kappa shape index (κ1) is 18.4. The van der Waals surface area contributed by atoms with Gasteiger partial charge in [-0.3, -0.25) is 0 Å². The first-order valence-corrected chi connectivity index (χ1v) is 10.1. The van der Waals surface area contributed by atoms with E-state index in [4.69, 9.17) is 13.9 Å². The summed E-state index contributed by atoms with van der Waals surface area (Å²) in [6.07, 6.45) is -0.325. The molecule has 0 rings (SSSR count). The van der Waals surface area contributed by atoms with Crippen molar-refractivity contribution in [2.45, 2.75) is 46.0 Å². The topological polar surface area (TPSA) is 48.0 Å². The van der Waals surface area contributed by atoms with E-state index >= 15 is 0 Å². The molecule has 0 bridgehead atoms. The Kier molecular flexibility index (Phi) is 7.62.